The van der Waals surface area contributed by atoms with Crippen LogP contribution in [-0.2, 0) is 20.2 Å². The predicted octanol–water partition coefficient (Wildman–Crippen LogP) is 3.27. The van der Waals surface area contributed by atoms with Crippen molar-refractivity contribution < 1.29 is 32.2 Å². The van der Waals surface area contributed by atoms with Gasteiger partial charge in [-0.05, 0) is 37.3 Å². The number of carbonyl (C=O) groups is 2. The maximum atomic E-state index is 13.2. The lowest BCUT2D eigenvalue weighted by molar-refractivity contribution is -0.133. The Hall–Kier alpha value is -2.78. The van der Waals surface area contributed by atoms with E-state index in [0.717, 1.165) is 0 Å². The Morgan fingerprint density at radius 3 is 2.53 bits per heavy atom. The number of alkyl halides is 1. The number of fused-ring (bicyclic) bond motifs is 1. The van der Waals surface area contributed by atoms with Crippen molar-refractivity contribution in [2.24, 2.45) is 5.41 Å². The number of ether oxygens (including phenoxy) is 1. The summed E-state index contributed by atoms with van der Waals surface area (Å²) in [6, 6.07) is 10.9. The van der Waals surface area contributed by atoms with Crippen LogP contribution in [0, 0.1) is 5.41 Å². The van der Waals surface area contributed by atoms with Crippen LogP contribution in [0.15, 0.2) is 42.5 Å². The van der Waals surface area contributed by atoms with Gasteiger partial charge in [-0.2, -0.15) is 0 Å². The van der Waals surface area contributed by atoms with Crippen LogP contribution in [0.4, 0.5) is 15.8 Å². The smallest absolute Gasteiger partial charge is 0.267 e. The fraction of sp³-hybridized carbons (Fsp3) is 0.391. The molecule has 0 spiro atoms. The van der Waals surface area contributed by atoms with Crippen molar-refractivity contribution >= 4 is 32.9 Å². The summed E-state index contributed by atoms with van der Waals surface area (Å²) >= 11 is 0. The van der Waals surface area contributed by atoms with Crippen molar-refractivity contribution in [1.29, 1.82) is 0 Å². The first-order chi connectivity index (χ1) is 14.8. The molecule has 32 heavy (non-hydrogen) atoms. The molecule has 2 aliphatic heterocycles. The molecule has 7 nitrogen and oxygen atoms in total. The fourth-order valence-corrected chi connectivity index (χ4v) is 6.73. The lowest BCUT2D eigenvalue weighted by Gasteiger charge is -2.37. The number of rotatable bonds is 6. The van der Waals surface area contributed by atoms with Crippen molar-refractivity contribution in [2.75, 3.05) is 16.4 Å². The molecular formula is C23H24FNO6S. The number of hydrogen-bond acceptors (Lipinski definition) is 6. The highest BCUT2D eigenvalue weighted by atomic mass is 32.2. The van der Waals surface area contributed by atoms with Gasteiger partial charge in [-0.1, -0.05) is 13.0 Å². The second kappa shape index (κ2) is 7.38. The average molecular weight is 462 g/mol. The molecule has 2 heterocycles. The van der Waals surface area contributed by atoms with Crippen LogP contribution in [0.1, 0.15) is 43.1 Å². The molecule has 2 aliphatic rings. The van der Waals surface area contributed by atoms with Crippen molar-refractivity contribution in [3.8, 4) is 5.75 Å². The Bertz CT molecular complexity index is 1210. The van der Waals surface area contributed by atoms with Gasteiger partial charge in [0.1, 0.15) is 5.75 Å². The van der Waals surface area contributed by atoms with Gasteiger partial charge in [-0.25, -0.2) is 12.8 Å². The van der Waals surface area contributed by atoms with E-state index in [9.17, 15) is 27.5 Å². The zero-order chi connectivity index (χ0) is 23.5. The number of aliphatic hydroxyl groups is 1. The number of anilines is 2. The van der Waals surface area contributed by atoms with Crippen LogP contribution in [0.25, 0.3) is 0 Å². The first-order valence-corrected chi connectivity index (χ1v) is 12.0. The minimum atomic E-state index is -3.08. The van der Waals surface area contributed by atoms with Gasteiger partial charge in [0.05, 0.1) is 22.9 Å². The molecule has 2 aromatic carbocycles. The largest absolute Gasteiger partial charge is 0.461 e. The van der Waals surface area contributed by atoms with Gasteiger partial charge in [0, 0.05) is 36.0 Å². The fourth-order valence-electron chi connectivity index (χ4n) is 4.49. The van der Waals surface area contributed by atoms with Crippen molar-refractivity contribution in [1.82, 2.24) is 0 Å². The number of sulfone groups is 1. The number of carbonyl (C=O) groups excluding carboxylic acids is 2. The van der Waals surface area contributed by atoms with Crippen LogP contribution in [0.5, 0.6) is 5.75 Å². The van der Waals surface area contributed by atoms with E-state index in [1.807, 2.05) is 0 Å². The Kier molecular flexibility index (Phi) is 5.17. The van der Waals surface area contributed by atoms with Crippen molar-refractivity contribution in [3.05, 3.63) is 53.6 Å². The zero-order valence-corrected chi connectivity index (χ0v) is 18.8. The Morgan fingerprint density at radius 2 is 1.91 bits per heavy atom. The van der Waals surface area contributed by atoms with E-state index in [0.29, 0.717) is 16.9 Å². The summed E-state index contributed by atoms with van der Waals surface area (Å²) in [6.45, 7) is 4.35. The van der Waals surface area contributed by atoms with E-state index in [2.05, 4.69) is 0 Å². The molecule has 9 heteroatoms. The number of amides is 1. The minimum Gasteiger partial charge on any atom is -0.461 e. The SMILES string of the molecule is CC(F)Oc1cccc(N2C(=O)[C@@](C)(O)c3cc(C(=O)CC4(C)CS(=O)(=O)C4)ccc32)c1. The normalized spacial score (nSPS) is 23.9. The molecule has 1 N–H and O–H groups in total. The monoisotopic (exact) mass is 461 g/mol. The van der Waals surface area contributed by atoms with E-state index in [1.54, 1.807) is 37.3 Å². The molecule has 1 saturated heterocycles. The summed E-state index contributed by atoms with van der Waals surface area (Å²) in [7, 11) is -3.08. The number of ketones is 1. The van der Waals surface area contributed by atoms with Crippen LogP contribution < -0.4 is 9.64 Å². The van der Waals surface area contributed by atoms with Gasteiger partial charge in [0.25, 0.3) is 5.91 Å². The molecule has 170 valence electrons. The standard InChI is InChI=1S/C23H24FNO6S/c1-14(24)31-17-6-4-5-16(10-17)25-19-8-7-15(9-18(19)23(3,28)21(25)27)20(26)11-22(2)12-32(29,30)13-22/h4-10,14,28H,11-13H2,1-3H3/t14?,23-/m0/s1. The highest BCUT2D eigenvalue weighted by Gasteiger charge is 2.48. The topological polar surface area (TPSA) is 101 Å². The molecular weight excluding hydrogens is 437 g/mol. The number of Topliss-reactive ketones (excluding diaryl/α,β-unsaturated/α-hetero) is 1. The molecule has 0 saturated carbocycles. The van der Waals surface area contributed by atoms with Crippen LogP contribution in [0.2, 0.25) is 0 Å². The van der Waals surface area contributed by atoms with Crippen LogP contribution in [0.3, 0.4) is 0 Å². The van der Waals surface area contributed by atoms with Crippen molar-refractivity contribution in [3.63, 3.8) is 0 Å². The molecule has 0 bridgehead atoms. The second-order valence-corrected chi connectivity index (χ2v) is 11.1. The number of halogens is 1. The third kappa shape index (κ3) is 3.91. The van der Waals surface area contributed by atoms with Crippen LogP contribution in [-0.4, -0.2) is 43.1 Å². The van der Waals surface area contributed by atoms with E-state index in [4.69, 9.17) is 4.74 Å². The van der Waals surface area contributed by atoms with E-state index >= 15 is 0 Å². The van der Waals surface area contributed by atoms with Gasteiger partial charge in [-0.15, -0.1) is 0 Å². The minimum absolute atomic E-state index is 0.0312. The quantitative estimate of drug-likeness (QED) is 0.663. The lowest BCUT2D eigenvalue weighted by Crippen LogP contribution is -2.47. The van der Waals surface area contributed by atoms with E-state index in [1.165, 1.54) is 30.9 Å². The molecule has 1 amide bonds. The zero-order valence-electron chi connectivity index (χ0n) is 18.0. The van der Waals surface area contributed by atoms with E-state index in [-0.39, 0.29) is 35.0 Å². The summed E-state index contributed by atoms with van der Waals surface area (Å²) < 4.78 is 41.4. The van der Waals surface area contributed by atoms with Crippen molar-refractivity contribution in [2.45, 2.75) is 39.2 Å². The highest BCUT2D eigenvalue weighted by molar-refractivity contribution is 7.92. The number of hydrogen-bond donors (Lipinski definition) is 1. The molecule has 2 atom stereocenters. The molecule has 2 aromatic rings. The highest BCUT2D eigenvalue weighted by Crippen LogP contribution is 2.45. The predicted molar refractivity (Wildman–Crippen MR) is 117 cm³/mol. The van der Waals surface area contributed by atoms with Crippen LogP contribution >= 0.6 is 0 Å². The summed E-state index contributed by atoms with van der Waals surface area (Å²) in [5, 5.41) is 11.0. The molecule has 0 radical (unpaired) electrons. The first kappa shape index (κ1) is 22.4. The van der Waals surface area contributed by atoms with E-state index < -0.39 is 33.1 Å². The summed E-state index contributed by atoms with van der Waals surface area (Å²) in [4.78, 5) is 27.2. The molecule has 1 unspecified atom stereocenters. The molecule has 4 rings (SSSR count). The third-order valence-corrected chi connectivity index (χ3v) is 8.08. The van der Waals surface area contributed by atoms with Gasteiger partial charge < -0.3 is 9.84 Å². The molecule has 0 aliphatic carbocycles. The lowest BCUT2D eigenvalue weighted by atomic mass is 9.85. The number of nitrogens with zero attached hydrogens (tertiary/aromatic N) is 1. The molecule has 0 aromatic heterocycles. The maximum Gasteiger partial charge on any atom is 0.267 e. The Labute approximate surface area is 185 Å². The summed E-state index contributed by atoms with van der Waals surface area (Å²) in [5.74, 6) is -0.694. The average Bonchev–Trinajstić information content (AvgIpc) is 2.85. The summed E-state index contributed by atoms with van der Waals surface area (Å²) in [6.07, 6.45) is -1.47. The van der Waals surface area contributed by atoms with Gasteiger partial charge in [0.2, 0.25) is 6.36 Å². The second-order valence-electron chi connectivity index (χ2n) is 9.05. The van der Waals surface area contributed by atoms with Gasteiger partial charge >= 0.3 is 0 Å². The van der Waals surface area contributed by atoms with Gasteiger partial charge in [0.15, 0.2) is 21.2 Å². The molecule has 1 fully saturated rings. The maximum absolute atomic E-state index is 13.2. The Morgan fingerprint density at radius 1 is 1.22 bits per heavy atom. The Balaban J connectivity index is 1.66. The number of benzene rings is 2. The van der Waals surface area contributed by atoms with Gasteiger partial charge in [-0.3, -0.25) is 14.5 Å². The first-order valence-electron chi connectivity index (χ1n) is 10.2. The summed E-state index contributed by atoms with van der Waals surface area (Å²) in [5.41, 5.74) is -1.12. The third-order valence-electron chi connectivity index (χ3n) is 5.80.